The smallest absolute Gasteiger partial charge is 0.312 e. The topological polar surface area (TPSA) is 47.2 Å². The molecular formula is C20H21N3O2. The molecule has 128 valence electrons. The van der Waals surface area contributed by atoms with Gasteiger partial charge >= 0.3 is 5.69 Å². The molecule has 5 heteroatoms. The normalized spacial score (nSPS) is 13.9. The molecular weight excluding hydrogens is 314 g/mol. The maximum atomic E-state index is 12.9. The van der Waals surface area contributed by atoms with Crippen molar-refractivity contribution >= 4 is 22.6 Å². The number of rotatable bonds is 2. The fourth-order valence-electron chi connectivity index (χ4n) is 3.73. The first kappa shape index (κ1) is 15.7. The number of carbonyl (C=O) groups excluding carboxylic acids is 1. The molecule has 0 radical (unpaired) electrons. The minimum absolute atomic E-state index is 0.0524. The van der Waals surface area contributed by atoms with Crippen LogP contribution in [-0.4, -0.2) is 21.6 Å². The van der Waals surface area contributed by atoms with Gasteiger partial charge in [-0.25, -0.2) is 4.79 Å². The molecule has 4 rings (SSSR count). The van der Waals surface area contributed by atoms with Gasteiger partial charge in [-0.05, 0) is 42.2 Å². The number of para-hydroxylation sites is 1. The molecule has 0 spiro atoms. The number of amides is 1. The number of imidazole rings is 1. The fourth-order valence-corrected chi connectivity index (χ4v) is 3.73. The van der Waals surface area contributed by atoms with E-state index in [4.69, 9.17) is 0 Å². The van der Waals surface area contributed by atoms with Crippen LogP contribution in [0.3, 0.4) is 0 Å². The first-order valence-electron chi connectivity index (χ1n) is 8.59. The third kappa shape index (κ3) is 2.56. The summed E-state index contributed by atoms with van der Waals surface area (Å²) in [6, 6.07) is 13.9. The molecule has 25 heavy (non-hydrogen) atoms. The van der Waals surface area contributed by atoms with Gasteiger partial charge in [-0.2, -0.15) is 0 Å². The Bertz CT molecular complexity index is 1030. The highest BCUT2D eigenvalue weighted by molar-refractivity contribution is 5.96. The largest absolute Gasteiger partial charge is 0.328 e. The lowest BCUT2D eigenvalue weighted by Gasteiger charge is -2.29. The van der Waals surface area contributed by atoms with Crippen LogP contribution in [0, 0.1) is 0 Å². The predicted molar refractivity (Wildman–Crippen MR) is 99.0 cm³/mol. The molecule has 2 aromatic carbocycles. The van der Waals surface area contributed by atoms with Crippen LogP contribution in [0.25, 0.3) is 11.0 Å². The number of fused-ring (bicyclic) bond motifs is 2. The molecule has 1 aromatic heterocycles. The third-order valence-corrected chi connectivity index (χ3v) is 5.10. The molecule has 0 fully saturated rings. The van der Waals surface area contributed by atoms with Crippen LogP contribution < -0.4 is 10.6 Å². The van der Waals surface area contributed by atoms with Crippen LogP contribution in [0.4, 0.5) is 5.69 Å². The van der Waals surface area contributed by atoms with Gasteiger partial charge in [0.1, 0.15) is 0 Å². The van der Waals surface area contributed by atoms with Crippen LogP contribution in [0.5, 0.6) is 0 Å². The second kappa shape index (κ2) is 5.92. The van der Waals surface area contributed by atoms with Gasteiger partial charge in [-0.15, -0.1) is 0 Å². The van der Waals surface area contributed by atoms with Crippen molar-refractivity contribution in [3.8, 4) is 0 Å². The van der Waals surface area contributed by atoms with Crippen molar-refractivity contribution < 1.29 is 4.79 Å². The van der Waals surface area contributed by atoms with Crippen molar-refractivity contribution in [1.82, 2.24) is 9.13 Å². The summed E-state index contributed by atoms with van der Waals surface area (Å²) in [6.07, 6.45) is 2.36. The zero-order valence-corrected chi connectivity index (χ0v) is 14.5. The van der Waals surface area contributed by atoms with Gasteiger partial charge < -0.3 is 4.90 Å². The Kier molecular flexibility index (Phi) is 3.71. The maximum absolute atomic E-state index is 12.9. The molecule has 0 bridgehead atoms. The Labute approximate surface area is 146 Å². The van der Waals surface area contributed by atoms with Crippen LogP contribution >= 0.6 is 0 Å². The Hall–Kier alpha value is -2.82. The first-order valence-corrected chi connectivity index (χ1v) is 8.59. The van der Waals surface area contributed by atoms with Gasteiger partial charge in [0.25, 0.3) is 0 Å². The molecule has 1 aliphatic rings. The van der Waals surface area contributed by atoms with E-state index >= 15 is 0 Å². The molecule has 0 atom stereocenters. The lowest BCUT2D eigenvalue weighted by molar-refractivity contribution is -0.118. The zero-order chi connectivity index (χ0) is 17.6. The van der Waals surface area contributed by atoms with Gasteiger partial charge in [0.15, 0.2) is 0 Å². The fraction of sp³-hybridized carbons (Fsp3) is 0.300. The molecule has 0 unspecified atom stereocenters. The Morgan fingerprint density at radius 1 is 1.04 bits per heavy atom. The maximum Gasteiger partial charge on any atom is 0.328 e. The van der Waals surface area contributed by atoms with E-state index in [1.807, 2.05) is 41.3 Å². The number of carbonyl (C=O) groups is 1. The van der Waals surface area contributed by atoms with Crippen LogP contribution in [0.15, 0.2) is 47.3 Å². The summed E-state index contributed by atoms with van der Waals surface area (Å²) in [7, 11) is 3.53. The lowest BCUT2D eigenvalue weighted by Crippen LogP contribution is -2.36. The van der Waals surface area contributed by atoms with Crippen molar-refractivity contribution in [3.63, 3.8) is 0 Å². The Morgan fingerprint density at radius 3 is 2.64 bits per heavy atom. The standard InChI is InChI=1S/C20H21N3O2/c1-21-17-10-9-14(12-18(17)22(2)20(21)25)13-19(24)23-11-5-7-15-6-3-4-8-16(15)23/h3-4,6,8-10,12H,5,7,11,13H2,1-2H3. The van der Waals surface area contributed by atoms with E-state index in [1.54, 1.807) is 23.2 Å². The quantitative estimate of drug-likeness (QED) is 0.722. The molecule has 0 aliphatic carbocycles. The zero-order valence-electron chi connectivity index (χ0n) is 14.5. The summed E-state index contributed by atoms with van der Waals surface area (Å²) in [6.45, 7) is 0.766. The second-order valence-electron chi connectivity index (χ2n) is 6.68. The number of nitrogens with zero attached hydrogens (tertiary/aromatic N) is 3. The van der Waals surface area contributed by atoms with Crippen molar-refractivity contribution in [3.05, 3.63) is 64.1 Å². The van der Waals surface area contributed by atoms with Gasteiger partial charge in [-0.3, -0.25) is 13.9 Å². The number of aromatic nitrogens is 2. The Morgan fingerprint density at radius 2 is 1.80 bits per heavy atom. The minimum Gasteiger partial charge on any atom is -0.312 e. The van der Waals surface area contributed by atoms with E-state index in [-0.39, 0.29) is 11.6 Å². The highest BCUT2D eigenvalue weighted by atomic mass is 16.2. The van der Waals surface area contributed by atoms with Crippen molar-refractivity contribution in [2.45, 2.75) is 19.3 Å². The highest BCUT2D eigenvalue weighted by Gasteiger charge is 2.22. The van der Waals surface area contributed by atoms with E-state index in [1.165, 1.54) is 5.56 Å². The average Bonchev–Trinajstić information content (AvgIpc) is 2.85. The lowest BCUT2D eigenvalue weighted by atomic mass is 10.0. The van der Waals surface area contributed by atoms with Gasteiger partial charge in [0.2, 0.25) is 5.91 Å². The molecule has 2 heterocycles. The minimum atomic E-state index is -0.0524. The summed E-state index contributed by atoms with van der Waals surface area (Å²) >= 11 is 0. The number of aryl methyl sites for hydroxylation is 3. The molecule has 1 amide bonds. The van der Waals surface area contributed by atoms with Gasteiger partial charge in [-0.1, -0.05) is 24.3 Å². The number of benzene rings is 2. The summed E-state index contributed by atoms with van der Waals surface area (Å²) in [5, 5.41) is 0. The van der Waals surface area contributed by atoms with Gasteiger partial charge in [0, 0.05) is 26.3 Å². The molecule has 0 saturated carbocycles. The summed E-state index contributed by atoms with van der Waals surface area (Å²) in [5.41, 5.74) is 4.89. The SMILES string of the molecule is Cn1c(=O)n(C)c2cc(CC(=O)N3CCCc4ccccc43)ccc21. The average molecular weight is 335 g/mol. The predicted octanol–water partition coefficient (Wildman–Crippen LogP) is 2.40. The number of hydrogen-bond donors (Lipinski definition) is 0. The van der Waals surface area contributed by atoms with Gasteiger partial charge in [0.05, 0.1) is 17.5 Å². The summed E-state index contributed by atoms with van der Waals surface area (Å²) in [5.74, 6) is 0.104. The second-order valence-corrected chi connectivity index (χ2v) is 6.68. The molecule has 0 N–H and O–H groups in total. The number of hydrogen-bond acceptors (Lipinski definition) is 2. The third-order valence-electron chi connectivity index (χ3n) is 5.10. The van der Waals surface area contributed by atoms with Crippen molar-refractivity contribution in [2.75, 3.05) is 11.4 Å². The van der Waals surface area contributed by atoms with E-state index in [9.17, 15) is 9.59 Å². The van der Waals surface area contributed by atoms with Crippen LogP contribution in [-0.2, 0) is 31.7 Å². The van der Waals surface area contributed by atoms with E-state index in [2.05, 4.69) is 6.07 Å². The monoisotopic (exact) mass is 335 g/mol. The first-order chi connectivity index (χ1) is 12.1. The highest BCUT2D eigenvalue weighted by Crippen LogP contribution is 2.27. The van der Waals surface area contributed by atoms with Crippen molar-refractivity contribution in [1.29, 1.82) is 0 Å². The Balaban J connectivity index is 1.65. The molecule has 0 saturated heterocycles. The molecule has 3 aromatic rings. The molecule has 1 aliphatic heterocycles. The molecule has 5 nitrogen and oxygen atoms in total. The van der Waals surface area contributed by atoms with Crippen LogP contribution in [0.1, 0.15) is 17.5 Å². The number of anilines is 1. The van der Waals surface area contributed by atoms with E-state index < -0.39 is 0 Å². The summed E-state index contributed by atoms with van der Waals surface area (Å²) in [4.78, 5) is 26.8. The van der Waals surface area contributed by atoms with Crippen LogP contribution in [0.2, 0.25) is 0 Å². The summed E-state index contributed by atoms with van der Waals surface area (Å²) < 4.78 is 3.25. The van der Waals surface area contributed by atoms with E-state index in [0.717, 1.165) is 41.7 Å². The van der Waals surface area contributed by atoms with Crippen molar-refractivity contribution in [2.24, 2.45) is 14.1 Å². The van der Waals surface area contributed by atoms with E-state index in [0.29, 0.717) is 6.42 Å².